The van der Waals surface area contributed by atoms with Gasteiger partial charge in [0, 0.05) is 5.39 Å². The van der Waals surface area contributed by atoms with Crippen LogP contribution in [0, 0.1) is 13.8 Å². The molecule has 0 unspecified atom stereocenters. The minimum Gasteiger partial charge on any atom is -0.497 e. The fourth-order valence-corrected chi connectivity index (χ4v) is 5.43. The highest BCUT2D eigenvalue weighted by Crippen LogP contribution is 2.29. The predicted octanol–water partition coefficient (Wildman–Crippen LogP) is 4.26. The molecule has 9 heteroatoms. The zero-order chi connectivity index (χ0) is 24.6. The number of aryl methyl sites for hydroxylation is 2. The normalized spacial score (nSPS) is 12.4. The number of carboxylic acids is 1. The van der Waals surface area contributed by atoms with Crippen molar-refractivity contribution in [2.45, 2.75) is 52.6 Å². The van der Waals surface area contributed by atoms with E-state index in [1.807, 2.05) is 20.8 Å². The van der Waals surface area contributed by atoms with Crippen molar-refractivity contribution < 1.29 is 14.6 Å². The second kappa shape index (κ2) is 9.42. The average Bonchev–Trinajstić information content (AvgIpc) is 3.20. The number of rotatable bonds is 8. The number of aliphatic carboxylic acids is 1. The lowest BCUT2D eigenvalue weighted by molar-refractivity contribution is -0.141. The second-order valence-electron chi connectivity index (χ2n) is 8.51. The van der Waals surface area contributed by atoms with Crippen molar-refractivity contribution in [1.82, 2.24) is 13.5 Å². The number of aromatic nitrogens is 3. The maximum atomic E-state index is 13.7. The highest BCUT2D eigenvalue weighted by atomic mass is 32.1. The Morgan fingerprint density at radius 1 is 1.21 bits per heavy atom. The molecule has 0 spiro atoms. The van der Waals surface area contributed by atoms with E-state index in [0.29, 0.717) is 23.4 Å². The summed E-state index contributed by atoms with van der Waals surface area (Å²) in [4.78, 5) is 39.2. The van der Waals surface area contributed by atoms with Crippen molar-refractivity contribution in [3.8, 4) is 5.75 Å². The van der Waals surface area contributed by atoms with Crippen molar-refractivity contribution in [1.29, 1.82) is 0 Å². The van der Waals surface area contributed by atoms with Gasteiger partial charge in [0.25, 0.3) is 5.56 Å². The maximum absolute atomic E-state index is 13.7. The van der Waals surface area contributed by atoms with Gasteiger partial charge >= 0.3 is 11.7 Å². The highest BCUT2D eigenvalue weighted by Gasteiger charge is 2.26. The first-order valence-corrected chi connectivity index (χ1v) is 12.0. The van der Waals surface area contributed by atoms with E-state index >= 15 is 0 Å². The van der Waals surface area contributed by atoms with Gasteiger partial charge in [-0.2, -0.15) is 4.37 Å². The molecule has 0 aliphatic heterocycles. The van der Waals surface area contributed by atoms with E-state index in [1.54, 1.807) is 18.2 Å². The van der Waals surface area contributed by atoms with Gasteiger partial charge in [-0.3, -0.25) is 9.36 Å². The largest absolute Gasteiger partial charge is 0.497 e. The summed E-state index contributed by atoms with van der Waals surface area (Å²) in [6.45, 7) is 6.08. The van der Waals surface area contributed by atoms with Crippen LogP contribution < -0.4 is 16.0 Å². The van der Waals surface area contributed by atoms with E-state index < -0.39 is 23.3 Å². The Kier molecular flexibility index (Phi) is 6.56. The highest BCUT2D eigenvalue weighted by molar-refractivity contribution is 7.13. The molecular weight excluding hydrogens is 454 g/mol. The van der Waals surface area contributed by atoms with Crippen molar-refractivity contribution in [2.75, 3.05) is 7.11 Å². The molecule has 0 bridgehead atoms. The molecule has 0 saturated carbocycles. The number of nitrogens with zero attached hydrogens (tertiary/aromatic N) is 3. The first-order valence-electron chi connectivity index (χ1n) is 11.2. The van der Waals surface area contributed by atoms with Crippen molar-refractivity contribution >= 4 is 38.5 Å². The molecule has 1 atom stereocenters. The summed E-state index contributed by atoms with van der Waals surface area (Å²) < 4.78 is 13.2. The van der Waals surface area contributed by atoms with Gasteiger partial charge in [0.05, 0.1) is 35.0 Å². The van der Waals surface area contributed by atoms with E-state index in [9.17, 15) is 19.5 Å². The number of carboxylic acid groups (broad SMARTS) is 1. The first-order chi connectivity index (χ1) is 16.3. The number of hydrogen-bond donors (Lipinski definition) is 1. The SMILES string of the molecule is CCCC[C@@H](C(=O)O)n1c(=O)c2cc(OC)ccc2n(Cc2nsc3cc(C)cc(C)c23)c1=O. The number of hydrogen-bond acceptors (Lipinski definition) is 6. The third kappa shape index (κ3) is 4.11. The van der Waals surface area contributed by atoms with Crippen LogP contribution in [0.15, 0.2) is 39.9 Å². The molecule has 0 aliphatic rings. The van der Waals surface area contributed by atoms with Crippen LogP contribution in [-0.4, -0.2) is 31.7 Å². The number of fused-ring (bicyclic) bond motifs is 2. The molecule has 2 aromatic heterocycles. The first kappa shape index (κ1) is 23.7. The van der Waals surface area contributed by atoms with Crippen LogP contribution in [0.3, 0.4) is 0 Å². The van der Waals surface area contributed by atoms with Gasteiger partial charge in [0.1, 0.15) is 11.8 Å². The predicted molar refractivity (Wildman–Crippen MR) is 133 cm³/mol. The van der Waals surface area contributed by atoms with Crippen LogP contribution in [0.4, 0.5) is 0 Å². The molecule has 178 valence electrons. The summed E-state index contributed by atoms with van der Waals surface area (Å²) in [6.07, 6.45) is 1.51. The smallest absolute Gasteiger partial charge is 0.332 e. The Balaban J connectivity index is 2.00. The van der Waals surface area contributed by atoms with Crippen LogP contribution in [-0.2, 0) is 11.3 Å². The summed E-state index contributed by atoms with van der Waals surface area (Å²) in [7, 11) is 1.49. The second-order valence-corrected chi connectivity index (χ2v) is 9.31. The third-order valence-corrected chi connectivity index (χ3v) is 6.93. The topological polar surface area (TPSA) is 103 Å². The molecule has 0 amide bonds. The molecule has 1 N–H and O–H groups in total. The third-order valence-electron chi connectivity index (χ3n) is 6.10. The monoisotopic (exact) mass is 481 g/mol. The van der Waals surface area contributed by atoms with Crippen LogP contribution in [0.1, 0.15) is 49.0 Å². The number of carbonyl (C=O) groups is 1. The van der Waals surface area contributed by atoms with E-state index in [2.05, 4.69) is 16.5 Å². The van der Waals surface area contributed by atoms with Crippen molar-refractivity contribution in [2.24, 2.45) is 0 Å². The molecule has 0 radical (unpaired) electrons. The standard InChI is InChI=1S/C25H27N3O5S/c1-5-6-7-20(24(30)31)28-23(29)17-12-16(33-4)8-9-19(17)27(25(28)32)13-18-22-15(3)10-14(2)11-21(22)34-26-18/h8-12,20H,5-7,13H2,1-4H3,(H,30,31)/t20-/m0/s1. The fourth-order valence-electron chi connectivity index (χ4n) is 4.46. The van der Waals surface area contributed by atoms with E-state index in [0.717, 1.165) is 32.2 Å². The lowest BCUT2D eigenvalue weighted by atomic mass is 10.1. The minimum atomic E-state index is -1.25. The molecular formula is C25H27N3O5S. The zero-order valence-corrected chi connectivity index (χ0v) is 20.4. The Labute approximate surface area is 200 Å². The lowest BCUT2D eigenvalue weighted by Crippen LogP contribution is -2.44. The van der Waals surface area contributed by atoms with Crippen molar-refractivity contribution in [3.63, 3.8) is 0 Å². The summed E-state index contributed by atoms with van der Waals surface area (Å²) in [5.41, 5.74) is 2.02. The average molecular weight is 482 g/mol. The summed E-state index contributed by atoms with van der Waals surface area (Å²) in [5, 5.41) is 11.1. The maximum Gasteiger partial charge on any atom is 0.332 e. The van der Waals surface area contributed by atoms with E-state index in [4.69, 9.17) is 4.74 Å². The summed E-state index contributed by atoms with van der Waals surface area (Å²) in [6, 6.07) is 7.77. The van der Waals surface area contributed by atoms with Crippen LogP contribution >= 0.6 is 11.5 Å². The lowest BCUT2D eigenvalue weighted by Gasteiger charge is -2.19. The Morgan fingerprint density at radius 3 is 2.65 bits per heavy atom. The number of methoxy groups -OCH3 is 1. The van der Waals surface area contributed by atoms with Crippen LogP contribution in [0.5, 0.6) is 5.75 Å². The Hall–Kier alpha value is -3.46. The van der Waals surface area contributed by atoms with Gasteiger partial charge in [-0.15, -0.1) is 0 Å². The Morgan fingerprint density at radius 2 is 1.97 bits per heavy atom. The Bertz CT molecular complexity index is 1520. The van der Waals surface area contributed by atoms with Gasteiger partial charge in [-0.25, -0.2) is 14.2 Å². The van der Waals surface area contributed by atoms with Gasteiger partial charge < -0.3 is 9.84 Å². The van der Waals surface area contributed by atoms with Gasteiger partial charge in [0.2, 0.25) is 0 Å². The molecule has 0 fully saturated rings. The van der Waals surface area contributed by atoms with E-state index in [1.165, 1.54) is 23.2 Å². The minimum absolute atomic E-state index is 0.117. The van der Waals surface area contributed by atoms with Crippen LogP contribution in [0.2, 0.25) is 0 Å². The summed E-state index contributed by atoms with van der Waals surface area (Å²) in [5.74, 6) is -0.751. The molecule has 34 heavy (non-hydrogen) atoms. The summed E-state index contributed by atoms with van der Waals surface area (Å²) >= 11 is 1.36. The quantitative estimate of drug-likeness (QED) is 0.403. The zero-order valence-electron chi connectivity index (χ0n) is 19.6. The molecule has 2 aromatic carbocycles. The van der Waals surface area contributed by atoms with Gasteiger partial charge in [-0.1, -0.05) is 25.8 Å². The van der Waals surface area contributed by atoms with Crippen LogP contribution in [0.25, 0.3) is 21.0 Å². The number of ether oxygens (including phenoxy) is 1. The molecule has 4 aromatic rings. The molecule has 0 saturated heterocycles. The molecule has 2 heterocycles. The van der Waals surface area contributed by atoms with Gasteiger partial charge in [0.15, 0.2) is 0 Å². The molecule has 0 aliphatic carbocycles. The molecule has 4 rings (SSSR count). The van der Waals surface area contributed by atoms with Gasteiger partial charge in [-0.05, 0) is 67.2 Å². The fraction of sp³-hybridized carbons (Fsp3) is 0.360. The van der Waals surface area contributed by atoms with Crippen molar-refractivity contribution in [3.05, 3.63) is 68.0 Å². The number of benzene rings is 2. The molecule has 8 nitrogen and oxygen atoms in total. The van der Waals surface area contributed by atoms with E-state index in [-0.39, 0.29) is 18.4 Å². The number of unbranched alkanes of at least 4 members (excludes halogenated alkanes) is 1.